The second kappa shape index (κ2) is 4.56. The first-order valence-corrected chi connectivity index (χ1v) is 5.62. The minimum atomic E-state index is -4.18. The molecule has 0 saturated heterocycles. The van der Waals surface area contributed by atoms with Gasteiger partial charge >= 0.3 is 6.18 Å². The Kier molecular flexibility index (Phi) is 3.28. The molecule has 2 rings (SSSR count). The van der Waals surface area contributed by atoms with Crippen LogP contribution in [0.5, 0.6) is 0 Å². The van der Waals surface area contributed by atoms with E-state index >= 15 is 0 Å². The van der Waals surface area contributed by atoms with E-state index in [0.29, 0.717) is 5.69 Å². The van der Waals surface area contributed by atoms with Gasteiger partial charge in [0.15, 0.2) is 0 Å². The van der Waals surface area contributed by atoms with Crippen LogP contribution in [-0.2, 0) is 6.54 Å². The molecule has 1 fully saturated rings. The molecule has 0 heterocycles. The van der Waals surface area contributed by atoms with Crippen LogP contribution < -0.4 is 10.6 Å². The van der Waals surface area contributed by atoms with E-state index in [4.69, 9.17) is 5.73 Å². The van der Waals surface area contributed by atoms with Crippen molar-refractivity contribution in [3.8, 4) is 0 Å². The Morgan fingerprint density at radius 1 is 1.24 bits per heavy atom. The van der Waals surface area contributed by atoms with Crippen LogP contribution in [0.1, 0.15) is 18.4 Å². The SMILES string of the molecule is NCc1ccccc1N(CC(F)(F)F)C1CC1. The lowest BCUT2D eigenvalue weighted by molar-refractivity contribution is -0.120. The van der Waals surface area contributed by atoms with Crippen LogP contribution in [0, 0.1) is 0 Å². The van der Waals surface area contributed by atoms with Gasteiger partial charge in [0.2, 0.25) is 0 Å². The number of alkyl halides is 3. The first-order valence-electron chi connectivity index (χ1n) is 5.62. The molecule has 0 radical (unpaired) electrons. The molecule has 17 heavy (non-hydrogen) atoms. The van der Waals surface area contributed by atoms with Crippen molar-refractivity contribution in [3.05, 3.63) is 29.8 Å². The average Bonchev–Trinajstić information content (AvgIpc) is 3.08. The molecular weight excluding hydrogens is 229 g/mol. The second-order valence-corrected chi connectivity index (χ2v) is 4.31. The molecule has 0 unspecified atom stereocenters. The van der Waals surface area contributed by atoms with Crippen LogP contribution in [0.2, 0.25) is 0 Å². The smallest absolute Gasteiger partial charge is 0.359 e. The lowest BCUT2D eigenvalue weighted by atomic mass is 10.1. The van der Waals surface area contributed by atoms with Gasteiger partial charge in [-0.25, -0.2) is 0 Å². The molecule has 1 aliphatic rings. The lowest BCUT2D eigenvalue weighted by Crippen LogP contribution is -2.36. The Morgan fingerprint density at radius 2 is 1.88 bits per heavy atom. The minimum Gasteiger partial charge on any atom is -0.359 e. The Hall–Kier alpha value is -1.23. The molecule has 0 aromatic heterocycles. The van der Waals surface area contributed by atoms with Crippen molar-refractivity contribution in [2.45, 2.75) is 31.6 Å². The Bertz CT molecular complexity index is 386. The molecule has 0 amide bonds. The number of para-hydroxylation sites is 1. The van der Waals surface area contributed by atoms with Crippen molar-refractivity contribution >= 4 is 5.69 Å². The highest BCUT2D eigenvalue weighted by Crippen LogP contribution is 2.35. The summed E-state index contributed by atoms with van der Waals surface area (Å²) in [4.78, 5) is 1.43. The first-order chi connectivity index (χ1) is 8.01. The van der Waals surface area contributed by atoms with E-state index in [2.05, 4.69) is 0 Å². The average molecular weight is 244 g/mol. The largest absolute Gasteiger partial charge is 0.405 e. The summed E-state index contributed by atoms with van der Waals surface area (Å²) in [6, 6.07) is 7.06. The number of hydrogen-bond donors (Lipinski definition) is 1. The van der Waals surface area contributed by atoms with Gasteiger partial charge in [-0.15, -0.1) is 0 Å². The van der Waals surface area contributed by atoms with Crippen molar-refractivity contribution in [2.24, 2.45) is 5.73 Å². The molecule has 5 heteroatoms. The molecule has 2 N–H and O–H groups in total. The van der Waals surface area contributed by atoms with Crippen LogP contribution in [0.15, 0.2) is 24.3 Å². The summed E-state index contributed by atoms with van der Waals surface area (Å²) >= 11 is 0. The van der Waals surface area contributed by atoms with Gasteiger partial charge in [-0.05, 0) is 24.5 Å². The molecule has 1 aliphatic carbocycles. The molecule has 1 aromatic rings. The van der Waals surface area contributed by atoms with Crippen LogP contribution in [0.3, 0.4) is 0 Å². The van der Waals surface area contributed by atoms with Gasteiger partial charge in [-0.1, -0.05) is 18.2 Å². The van der Waals surface area contributed by atoms with E-state index in [-0.39, 0.29) is 12.6 Å². The van der Waals surface area contributed by atoms with Gasteiger partial charge in [-0.2, -0.15) is 13.2 Å². The molecule has 0 bridgehead atoms. The van der Waals surface area contributed by atoms with E-state index < -0.39 is 12.7 Å². The third-order valence-corrected chi connectivity index (χ3v) is 2.86. The summed E-state index contributed by atoms with van der Waals surface area (Å²) in [6.45, 7) is -0.633. The maximum atomic E-state index is 12.5. The number of halogens is 3. The fourth-order valence-electron chi connectivity index (χ4n) is 1.95. The monoisotopic (exact) mass is 244 g/mol. The topological polar surface area (TPSA) is 29.3 Å². The van der Waals surface area contributed by atoms with E-state index in [1.54, 1.807) is 24.3 Å². The Balaban J connectivity index is 2.26. The summed E-state index contributed by atoms with van der Waals surface area (Å²) in [6.07, 6.45) is -2.52. The van der Waals surface area contributed by atoms with Crippen molar-refractivity contribution < 1.29 is 13.2 Å². The van der Waals surface area contributed by atoms with Crippen molar-refractivity contribution in [3.63, 3.8) is 0 Å². The summed E-state index contributed by atoms with van der Waals surface area (Å²) < 4.78 is 37.6. The Morgan fingerprint density at radius 3 is 2.41 bits per heavy atom. The number of benzene rings is 1. The first kappa shape index (κ1) is 12.2. The highest BCUT2D eigenvalue weighted by Gasteiger charge is 2.38. The normalized spacial score (nSPS) is 16.0. The van der Waals surface area contributed by atoms with Crippen molar-refractivity contribution in [1.29, 1.82) is 0 Å². The number of nitrogens with zero attached hydrogens (tertiary/aromatic N) is 1. The minimum absolute atomic E-state index is 0.0179. The summed E-state index contributed by atoms with van der Waals surface area (Å²) in [5.74, 6) is 0. The molecule has 0 atom stereocenters. The Labute approximate surface area is 98.2 Å². The van der Waals surface area contributed by atoms with Gasteiger partial charge in [0.25, 0.3) is 0 Å². The zero-order chi connectivity index (χ0) is 12.5. The van der Waals surface area contributed by atoms with Gasteiger partial charge in [0.05, 0.1) is 0 Å². The number of anilines is 1. The fourth-order valence-corrected chi connectivity index (χ4v) is 1.95. The van der Waals surface area contributed by atoms with Crippen molar-refractivity contribution in [2.75, 3.05) is 11.4 Å². The summed E-state index contributed by atoms with van der Waals surface area (Å²) in [7, 11) is 0. The van der Waals surface area contributed by atoms with Crippen molar-refractivity contribution in [1.82, 2.24) is 0 Å². The van der Waals surface area contributed by atoms with E-state index in [1.165, 1.54) is 4.90 Å². The van der Waals surface area contributed by atoms with E-state index in [1.807, 2.05) is 0 Å². The predicted molar refractivity (Wildman–Crippen MR) is 60.8 cm³/mol. The highest BCUT2D eigenvalue weighted by molar-refractivity contribution is 5.55. The van der Waals surface area contributed by atoms with Crippen LogP contribution >= 0.6 is 0 Å². The van der Waals surface area contributed by atoms with Gasteiger partial charge in [0, 0.05) is 18.3 Å². The van der Waals surface area contributed by atoms with Gasteiger partial charge in [0.1, 0.15) is 6.54 Å². The predicted octanol–water partition coefficient (Wildman–Crippen LogP) is 2.68. The molecule has 1 saturated carbocycles. The molecule has 94 valence electrons. The third-order valence-electron chi connectivity index (χ3n) is 2.86. The lowest BCUT2D eigenvalue weighted by Gasteiger charge is -2.27. The molecule has 0 spiro atoms. The molecular formula is C12H15F3N2. The quantitative estimate of drug-likeness (QED) is 0.882. The maximum Gasteiger partial charge on any atom is 0.405 e. The van der Waals surface area contributed by atoms with Gasteiger partial charge < -0.3 is 10.6 Å². The molecule has 0 aliphatic heterocycles. The number of hydrogen-bond acceptors (Lipinski definition) is 2. The van der Waals surface area contributed by atoms with E-state index in [0.717, 1.165) is 18.4 Å². The fraction of sp³-hybridized carbons (Fsp3) is 0.500. The van der Waals surface area contributed by atoms with Crippen LogP contribution in [0.25, 0.3) is 0 Å². The third kappa shape index (κ3) is 3.12. The standard InChI is InChI=1S/C12H15F3N2/c13-12(14,15)8-17(10-5-6-10)11-4-2-1-3-9(11)7-16/h1-4,10H,5-8,16H2. The van der Waals surface area contributed by atoms with Crippen LogP contribution in [0.4, 0.5) is 18.9 Å². The molecule has 1 aromatic carbocycles. The molecule has 2 nitrogen and oxygen atoms in total. The second-order valence-electron chi connectivity index (χ2n) is 4.31. The van der Waals surface area contributed by atoms with E-state index in [9.17, 15) is 13.2 Å². The zero-order valence-electron chi connectivity index (χ0n) is 9.37. The zero-order valence-corrected chi connectivity index (χ0v) is 9.37. The highest BCUT2D eigenvalue weighted by atomic mass is 19.4. The summed E-state index contributed by atoms with van der Waals surface area (Å²) in [5, 5.41) is 0. The number of rotatable bonds is 4. The number of nitrogens with two attached hydrogens (primary N) is 1. The maximum absolute atomic E-state index is 12.5. The van der Waals surface area contributed by atoms with Crippen LogP contribution in [-0.4, -0.2) is 18.8 Å². The summed E-state index contributed by atoms with van der Waals surface area (Å²) in [5.41, 5.74) is 6.95. The van der Waals surface area contributed by atoms with Gasteiger partial charge in [-0.3, -0.25) is 0 Å².